The van der Waals surface area contributed by atoms with E-state index < -0.39 is 15.8 Å². The predicted octanol–water partition coefficient (Wildman–Crippen LogP) is 2.72. The summed E-state index contributed by atoms with van der Waals surface area (Å²) >= 11 is 0.836. The summed E-state index contributed by atoms with van der Waals surface area (Å²) in [5, 5.41) is 10.6. The van der Waals surface area contributed by atoms with Gasteiger partial charge < -0.3 is 5.11 Å². The van der Waals surface area contributed by atoms with Crippen LogP contribution in [-0.2, 0) is 9.84 Å². The topological polar surface area (TPSA) is 88.5 Å². The normalized spacial score (nSPS) is 11.3. The number of hydrogen-bond donors (Lipinski definition) is 1. The largest absolute Gasteiger partial charge is 0.477 e. The quantitative estimate of drug-likeness (QED) is 0.874. The molecule has 0 radical (unpaired) electrons. The molecular formula is C14H12O5S2. The second-order valence-corrected chi connectivity index (χ2v) is 7.35. The number of carboxylic acids is 1. The van der Waals surface area contributed by atoms with Crippen molar-refractivity contribution < 1.29 is 23.1 Å². The van der Waals surface area contributed by atoms with E-state index in [9.17, 15) is 23.1 Å². The summed E-state index contributed by atoms with van der Waals surface area (Å²) in [6, 6.07) is 6.39. The monoisotopic (exact) mass is 324 g/mol. The highest BCUT2D eigenvalue weighted by Gasteiger charge is 2.26. The standard InChI is InChI=1S/C14H12O5S2/c1-8(15)9-5-3-4-6-10(9)12-11(21(2,18)19)7-20-13(12)14(16)17/h3-7H,1-2H3,(H,16,17). The molecular weight excluding hydrogens is 312 g/mol. The SMILES string of the molecule is CC(=O)c1ccccc1-c1c(S(C)(=O)=O)csc1C(=O)O. The Hall–Kier alpha value is -1.99. The third kappa shape index (κ3) is 2.88. The molecule has 110 valence electrons. The van der Waals surface area contributed by atoms with Gasteiger partial charge in [-0.1, -0.05) is 24.3 Å². The average Bonchev–Trinajstić information content (AvgIpc) is 2.83. The molecule has 0 spiro atoms. The van der Waals surface area contributed by atoms with E-state index in [0.717, 1.165) is 17.6 Å². The first-order valence-electron chi connectivity index (χ1n) is 5.88. The molecule has 5 nitrogen and oxygen atoms in total. The molecule has 0 atom stereocenters. The van der Waals surface area contributed by atoms with Gasteiger partial charge in [0, 0.05) is 22.8 Å². The van der Waals surface area contributed by atoms with Crippen molar-refractivity contribution >= 4 is 32.9 Å². The van der Waals surface area contributed by atoms with Crippen LogP contribution in [0.15, 0.2) is 34.5 Å². The van der Waals surface area contributed by atoms with Crippen molar-refractivity contribution in [2.75, 3.05) is 6.26 Å². The van der Waals surface area contributed by atoms with Crippen LogP contribution in [0.2, 0.25) is 0 Å². The highest BCUT2D eigenvalue weighted by molar-refractivity contribution is 7.91. The van der Waals surface area contributed by atoms with Crippen molar-refractivity contribution in [2.45, 2.75) is 11.8 Å². The fourth-order valence-electron chi connectivity index (χ4n) is 2.04. The van der Waals surface area contributed by atoms with E-state index in [-0.39, 0.29) is 21.1 Å². The minimum Gasteiger partial charge on any atom is -0.477 e. The van der Waals surface area contributed by atoms with E-state index in [1.807, 2.05) is 0 Å². The summed E-state index contributed by atoms with van der Waals surface area (Å²) in [5.41, 5.74) is 0.702. The van der Waals surface area contributed by atoms with Crippen molar-refractivity contribution in [2.24, 2.45) is 0 Å². The zero-order valence-corrected chi connectivity index (χ0v) is 12.9. The number of carbonyl (C=O) groups is 2. The van der Waals surface area contributed by atoms with Crippen LogP contribution in [0.5, 0.6) is 0 Å². The molecule has 0 fully saturated rings. The number of benzene rings is 1. The van der Waals surface area contributed by atoms with Gasteiger partial charge in [-0.05, 0) is 12.5 Å². The molecule has 0 saturated carbocycles. The number of carbonyl (C=O) groups excluding carboxylic acids is 1. The Kier molecular flexibility index (Phi) is 3.97. The fraction of sp³-hybridized carbons (Fsp3) is 0.143. The molecule has 1 heterocycles. The van der Waals surface area contributed by atoms with Gasteiger partial charge >= 0.3 is 5.97 Å². The summed E-state index contributed by atoms with van der Waals surface area (Å²) < 4.78 is 23.7. The minimum absolute atomic E-state index is 0.0707. The van der Waals surface area contributed by atoms with Crippen LogP contribution < -0.4 is 0 Å². The first kappa shape index (κ1) is 15.4. The summed E-state index contributed by atoms with van der Waals surface area (Å²) in [7, 11) is -3.60. The lowest BCUT2D eigenvalue weighted by Crippen LogP contribution is -2.04. The van der Waals surface area contributed by atoms with Crippen LogP contribution in [0.3, 0.4) is 0 Å². The zero-order valence-electron chi connectivity index (χ0n) is 11.3. The molecule has 7 heteroatoms. The number of rotatable bonds is 4. The number of Topliss-reactive ketones (excluding diaryl/α,β-unsaturated/α-hetero) is 1. The van der Waals surface area contributed by atoms with E-state index in [1.54, 1.807) is 24.3 Å². The van der Waals surface area contributed by atoms with Crippen LogP contribution in [0.25, 0.3) is 11.1 Å². The molecule has 1 N–H and O–H groups in total. The predicted molar refractivity (Wildman–Crippen MR) is 79.8 cm³/mol. The van der Waals surface area contributed by atoms with Gasteiger partial charge in [-0.25, -0.2) is 13.2 Å². The van der Waals surface area contributed by atoms with Crippen molar-refractivity contribution in [1.82, 2.24) is 0 Å². The summed E-state index contributed by atoms with van der Waals surface area (Å²) in [6.07, 6.45) is 1.01. The molecule has 0 aliphatic carbocycles. The second-order valence-electron chi connectivity index (χ2n) is 4.48. The van der Waals surface area contributed by atoms with Gasteiger partial charge in [0.15, 0.2) is 15.6 Å². The van der Waals surface area contributed by atoms with Crippen LogP contribution in [0.4, 0.5) is 0 Å². The van der Waals surface area contributed by atoms with Gasteiger partial charge in [-0.2, -0.15) is 0 Å². The maximum atomic E-state index is 11.9. The number of thiophene rings is 1. The Morgan fingerprint density at radius 2 is 1.81 bits per heavy atom. The third-order valence-electron chi connectivity index (χ3n) is 2.93. The summed E-state index contributed by atoms with van der Waals surface area (Å²) in [5.74, 6) is -1.48. The molecule has 2 aromatic rings. The van der Waals surface area contributed by atoms with E-state index in [1.165, 1.54) is 12.3 Å². The van der Waals surface area contributed by atoms with E-state index in [2.05, 4.69) is 0 Å². The maximum Gasteiger partial charge on any atom is 0.346 e. The zero-order chi connectivity index (χ0) is 15.8. The molecule has 0 bridgehead atoms. The Morgan fingerprint density at radius 1 is 1.19 bits per heavy atom. The number of aromatic carboxylic acids is 1. The number of sulfone groups is 1. The Bertz CT molecular complexity index is 831. The van der Waals surface area contributed by atoms with Crippen molar-refractivity contribution in [3.8, 4) is 11.1 Å². The molecule has 21 heavy (non-hydrogen) atoms. The average molecular weight is 324 g/mol. The van der Waals surface area contributed by atoms with E-state index in [0.29, 0.717) is 11.1 Å². The summed E-state index contributed by atoms with van der Waals surface area (Å²) in [4.78, 5) is 22.9. The smallest absolute Gasteiger partial charge is 0.346 e. The van der Waals surface area contributed by atoms with Gasteiger partial charge in [0.05, 0.1) is 4.90 Å². The highest BCUT2D eigenvalue weighted by atomic mass is 32.2. The lowest BCUT2D eigenvalue weighted by Gasteiger charge is -2.09. The molecule has 0 aliphatic rings. The molecule has 1 aromatic heterocycles. The third-order valence-corrected chi connectivity index (χ3v) is 5.16. The van der Waals surface area contributed by atoms with Gasteiger partial charge in [0.2, 0.25) is 0 Å². The van der Waals surface area contributed by atoms with Crippen LogP contribution >= 0.6 is 11.3 Å². The van der Waals surface area contributed by atoms with E-state index >= 15 is 0 Å². The van der Waals surface area contributed by atoms with Gasteiger partial charge in [0.25, 0.3) is 0 Å². The lowest BCUT2D eigenvalue weighted by atomic mass is 9.98. The molecule has 0 amide bonds. The first-order chi connectivity index (χ1) is 9.73. The Balaban J connectivity index is 2.89. The van der Waals surface area contributed by atoms with E-state index in [4.69, 9.17) is 0 Å². The van der Waals surface area contributed by atoms with Gasteiger partial charge in [-0.15, -0.1) is 11.3 Å². The van der Waals surface area contributed by atoms with Gasteiger partial charge in [0.1, 0.15) is 4.88 Å². The first-order valence-corrected chi connectivity index (χ1v) is 8.65. The fourth-order valence-corrected chi connectivity index (χ4v) is 4.31. The number of ketones is 1. The Labute approximate surface area is 125 Å². The summed E-state index contributed by atoms with van der Waals surface area (Å²) in [6.45, 7) is 1.35. The van der Waals surface area contributed by atoms with Crippen molar-refractivity contribution in [1.29, 1.82) is 0 Å². The lowest BCUT2D eigenvalue weighted by molar-refractivity contribution is 0.0702. The molecule has 0 aliphatic heterocycles. The molecule has 2 rings (SSSR count). The van der Waals surface area contributed by atoms with Crippen molar-refractivity contribution in [3.63, 3.8) is 0 Å². The maximum absolute atomic E-state index is 11.9. The number of carboxylic acid groups (broad SMARTS) is 1. The Morgan fingerprint density at radius 3 is 2.33 bits per heavy atom. The highest BCUT2D eigenvalue weighted by Crippen LogP contribution is 2.37. The van der Waals surface area contributed by atoms with Crippen LogP contribution in [-0.4, -0.2) is 31.5 Å². The van der Waals surface area contributed by atoms with Crippen LogP contribution in [0.1, 0.15) is 27.0 Å². The van der Waals surface area contributed by atoms with Gasteiger partial charge in [-0.3, -0.25) is 4.79 Å². The molecule has 1 aromatic carbocycles. The molecule has 0 saturated heterocycles. The minimum atomic E-state index is -3.60. The number of hydrogen-bond acceptors (Lipinski definition) is 5. The second kappa shape index (κ2) is 5.42. The molecule has 0 unspecified atom stereocenters. The van der Waals surface area contributed by atoms with Crippen LogP contribution in [0, 0.1) is 0 Å². The van der Waals surface area contributed by atoms with Crippen molar-refractivity contribution in [3.05, 3.63) is 40.1 Å².